The van der Waals surface area contributed by atoms with E-state index in [9.17, 15) is 13.2 Å². The maximum Gasteiger partial charge on any atom is 0.252 e. The molecule has 1 aliphatic rings. The summed E-state index contributed by atoms with van der Waals surface area (Å²) in [7, 11) is -3.86. The van der Waals surface area contributed by atoms with Gasteiger partial charge < -0.3 is 14.5 Å². The summed E-state index contributed by atoms with van der Waals surface area (Å²) in [5.74, 6) is 1.18. The van der Waals surface area contributed by atoms with Crippen molar-refractivity contribution in [3.8, 4) is 11.5 Å². The zero-order valence-corrected chi connectivity index (χ0v) is 19.5. The maximum absolute atomic E-state index is 13.6. The Morgan fingerprint density at radius 3 is 2.26 bits per heavy atom. The van der Waals surface area contributed by atoms with Gasteiger partial charge >= 0.3 is 0 Å². The van der Waals surface area contributed by atoms with E-state index in [-0.39, 0.29) is 23.5 Å². The van der Waals surface area contributed by atoms with Crippen LogP contribution in [0.2, 0.25) is 0 Å². The van der Waals surface area contributed by atoms with E-state index in [0.29, 0.717) is 35.8 Å². The van der Waals surface area contributed by atoms with E-state index < -0.39 is 10.0 Å². The summed E-state index contributed by atoms with van der Waals surface area (Å²) in [6.45, 7) is 2.94. The molecule has 3 aromatic carbocycles. The maximum atomic E-state index is 13.6. The first kappa shape index (κ1) is 22.2. The number of H-pyrrole nitrogens is 1. The number of fused-ring (bicyclic) bond motifs is 2. The highest BCUT2D eigenvalue weighted by Crippen LogP contribution is 2.34. The molecular weight excluding hydrogens is 452 g/mol. The van der Waals surface area contributed by atoms with Gasteiger partial charge in [0.05, 0.1) is 10.4 Å². The minimum Gasteiger partial charge on any atom is -0.486 e. The van der Waals surface area contributed by atoms with Crippen LogP contribution in [0.3, 0.4) is 0 Å². The molecule has 8 heteroatoms. The van der Waals surface area contributed by atoms with Crippen LogP contribution in [0.15, 0.2) is 82.5 Å². The molecule has 1 aliphatic heterocycles. The third kappa shape index (κ3) is 4.42. The van der Waals surface area contributed by atoms with E-state index in [1.807, 2.05) is 31.2 Å². The largest absolute Gasteiger partial charge is 0.486 e. The molecule has 0 atom stereocenters. The van der Waals surface area contributed by atoms with Crippen LogP contribution in [-0.4, -0.2) is 30.9 Å². The molecule has 34 heavy (non-hydrogen) atoms. The summed E-state index contributed by atoms with van der Waals surface area (Å²) >= 11 is 0. The number of hydrogen-bond acceptors (Lipinski definition) is 5. The molecule has 4 aromatic rings. The molecule has 0 radical (unpaired) electrons. The van der Waals surface area contributed by atoms with Gasteiger partial charge in [0.1, 0.15) is 13.2 Å². The first-order valence-corrected chi connectivity index (χ1v) is 12.4. The Kier molecular flexibility index (Phi) is 5.85. The second-order valence-electron chi connectivity index (χ2n) is 8.28. The molecule has 1 aromatic heterocycles. The molecule has 0 bridgehead atoms. The second-order valence-corrected chi connectivity index (χ2v) is 10.2. The van der Waals surface area contributed by atoms with Gasteiger partial charge in [-0.1, -0.05) is 48.0 Å². The first-order valence-electron chi connectivity index (χ1n) is 11.0. The SMILES string of the molecule is Cc1ccc(CN(Cc2cc3cc4c(cc3[nH]c2=O)OCCO4)S(=O)(=O)c2ccccc2)cc1. The molecule has 7 nitrogen and oxygen atoms in total. The lowest BCUT2D eigenvalue weighted by atomic mass is 10.1. The Morgan fingerprint density at radius 1 is 0.882 bits per heavy atom. The fraction of sp³-hybridized carbons (Fsp3) is 0.192. The number of hydrogen-bond donors (Lipinski definition) is 1. The number of ether oxygens (including phenoxy) is 2. The Balaban J connectivity index is 1.55. The summed E-state index contributed by atoms with van der Waals surface area (Å²) in [5, 5.41) is 0.742. The van der Waals surface area contributed by atoms with Crippen molar-refractivity contribution in [1.29, 1.82) is 0 Å². The number of aromatic amines is 1. The van der Waals surface area contributed by atoms with E-state index >= 15 is 0 Å². The predicted molar refractivity (Wildman–Crippen MR) is 130 cm³/mol. The monoisotopic (exact) mass is 476 g/mol. The van der Waals surface area contributed by atoms with Gasteiger partial charge in [-0.2, -0.15) is 4.31 Å². The van der Waals surface area contributed by atoms with Crippen molar-refractivity contribution in [1.82, 2.24) is 9.29 Å². The molecule has 0 fully saturated rings. The lowest BCUT2D eigenvalue weighted by Gasteiger charge is -2.23. The molecule has 174 valence electrons. The Hall–Kier alpha value is -3.62. The van der Waals surface area contributed by atoms with Crippen molar-refractivity contribution in [2.45, 2.75) is 24.9 Å². The summed E-state index contributed by atoms with van der Waals surface area (Å²) < 4.78 is 39.7. The van der Waals surface area contributed by atoms with Gasteiger partial charge in [0, 0.05) is 30.1 Å². The minimum atomic E-state index is -3.86. The third-order valence-electron chi connectivity index (χ3n) is 5.79. The summed E-state index contributed by atoms with van der Waals surface area (Å²) in [5.41, 5.74) is 2.52. The van der Waals surface area contributed by atoms with Gasteiger partial charge in [-0.05, 0) is 36.8 Å². The van der Waals surface area contributed by atoms with Crippen molar-refractivity contribution in [3.05, 3.63) is 99.8 Å². The van der Waals surface area contributed by atoms with Gasteiger partial charge in [-0.3, -0.25) is 4.79 Å². The molecule has 1 N–H and O–H groups in total. The third-order valence-corrected chi connectivity index (χ3v) is 7.60. The Morgan fingerprint density at radius 2 is 1.56 bits per heavy atom. The van der Waals surface area contributed by atoms with Crippen molar-refractivity contribution in [2.24, 2.45) is 0 Å². The average Bonchev–Trinajstić information content (AvgIpc) is 2.84. The van der Waals surface area contributed by atoms with E-state index in [2.05, 4.69) is 4.98 Å². The number of aromatic nitrogens is 1. The number of pyridine rings is 1. The van der Waals surface area contributed by atoms with E-state index in [1.165, 1.54) is 4.31 Å². The van der Waals surface area contributed by atoms with Gasteiger partial charge in [0.15, 0.2) is 11.5 Å². The van der Waals surface area contributed by atoms with Crippen molar-refractivity contribution in [2.75, 3.05) is 13.2 Å². The normalized spacial score (nSPS) is 13.4. The minimum absolute atomic E-state index is 0.0786. The predicted octanol–water partition coefficient (Wildman–Crippen LogP) is 4.00. The van der Waals surface area contributed by atoms with E-state index in [4.69, 9.17) is 9.47 Å². The van der Waals surface area contributed by atoms with Crippen LogP contribution in [0.1, 0.15) is 16.7 Å². The van der Waals surface area contributed by atoms with Gasteiger partial charge in [-0.15, -0.1) is 0 Å². The average molecular weight is 477 g/mol. The summed E-state index contributed by atoms with van der Waals surface area (Å²) in [6, 6.07) is 21.2. The fourth-order valence-electron chi connectivity index (χ4n) is 3.96. The highest BCUT2D eigenvalue weighted by atomic mass is 32.2. The number of aryl methyl sites for hydroxylation is 1. The number of sulfonamides is 1. The van der Waals surface area contributed by atoms with Crippen LogP contribution < -0.4 is 15.0 Å². The fourth-order valence-corrected chi connectivity index (χ4v) is 5.39. The first-order chi connectivity index (χ1) is 16.4. The number of nitrogens with zero attached hydrogens (tertiary/aromatic N) is 1. The van der Waals surface area contributed by atoms with Crippen LogP contribution in [0, 0.1) is 6.92 Å². The lowest BCUT2D eigenvalue weighted by molar-refractivity contribution is 0.172. The standard InChI is InChI=1S/C26H24N2O5S/c1-18-7-9-19(10-8-18)16-28(34(30,31)22-5-3-2-4-6-22)17-21-13-20-14-24-25(33-12-11-32-24)15-23(20)27-26(21)29/h2-10,13-15H,11-12,16-17H2,1H3,(H,27,29). The smallest absolute Gasteiger partial charge is 0.252 e. The van der Waals surface area contributed by atoms with Crippen LogP contribution in [-0.2, 0) is 23.1 Å². The molecule has 5 rings (SSSR count). The van der Waals surface area contributed by atoms with Crippen LogP contribution in [0.5, 0.6) is 11.5 Å². The van der Waals surface area contributed by atoms with E-state index in [0.717, 1.165) is 16.5 Å². The molecule has 2 heterocycles. The summed E-state index contributed by atoms with van der Waals surface area (Å²) in [4.78, 5) is 16.0. The quantitative estimate of drug-likeness (QED) is 0.454. The number of nitrogens with one attached hydrogen (secondary N) is 1. The molecule has 0 spiro atoms. The van der Waals surface area contributed by atoms with Crippen LogP contribution in [0.4, 0.5) is 0 Å². The molecule has 0 unspecified atom stereocenters. The highest BCUT2D eigenvalue weighted by molar-refractivity contribution is 7.89. The van der Waals surface area contributed by atoms with Crippen molar-refractivity contribution in [3.63, 3.8) is 0 Å². The Bertz CT molecular complexity index is 1500. The second kappa shape index (κ2) is 8.96. The van der Waals surface area contributed by atoms with E-state index in [1.54, 1.807) is 48.5 Å². The van der Waals surface area contributed by atoms with Crippen molar-refractivity contribution >= 4 is 20.9 Å². The molecule has 0 aliphatic carbocycles. The Labute approximate surface area is 197 Å². The zero-order chi connectivity index (χ0) is 23.7. The molecule has 0 amide bonds. The summed E-state index contributed by atoms with van der Waals surface area (Å²) in [6.07, 6.45) is 0. The van der Waals surface area contributed by atoms with Crippen LogP contribution >= 0.6 is 0 Å². The molecule has 0 saturated carbocycles. The topological polar surface area (TPSA) is 88.7 Å². The number of rotatable bonds is 6. The van der Waals surface area contributed by atoms with Gasteiger partial charge in [0.25, 0.3) is 5.56 Å². The highest BCUT2D eigenvalue weighted by Gasteiger charge is 2.26. The van der Waals surface area contributed by atoms with Gasteiger partial charge in [0.2, 0.25) is 10.0 Å². The molecular formula is C26H24N2O5S. The lowest BCUT2D eigenvalue weighted by Crippen LogP contribution is -2.32. The molecule has 0 saturated heterocycles. The number of benzene rings is 3. The van der Waals surface area contributed by atoms with Gasteiger partial charge in [-0.25, -0.2) is 8.42 Å². The van der Waals surface area contributed by atoms with Crippen molar-refractivity contribution < 1.29 is 17.9 Å². The zero-order valence-electron chi connectivity index (χ0n) is 18.7. The van der Waals surface area contributed by atoms with Crippen LogP contribution in [0.25, 0.3) is 10.9 Å².